The molecule has 0 unspecified atom stereocenters. The molecule has 10 heteroatoms. The van der Waals surface area contributed by atoms with Crippen molar-refractivity contribution in [3.63, 3.8) is 0 Å². The summed E-state index contributed by atoms with van der Waals surface area (Å²) in [5.74, 6) is -0.452. The van der Waals surface area contributed by atoms with Gasteiger partial charge in [0.15, 0.2) is 0 Å². The van der Waals surface area contributed by atoms with Crippen LogP contribution in [0.5, 0.6) is 0 Å². The van der Waals surface area contributed by atoms with E-state index in [1.807, 2.05) is 0 Å². The van der Waals surface area contributed by atoms with E-state index in [0.717, 1.165) is 51.4 Å². The van der Waals surface area contributed by atoms with E-state index in [0.29, 0.717) is 21.8 Å². The van der Waals surface area contributed by atoms with Crippen LogP contribution in [0.4, 0.5) is 0 Å². The maximum Gasteiger partial charge on any atom is 1.00 e. The maximum absolute atomic E-state index is 12.1. The van der Waals surface area contributed by atoms with Gasteiger partial charge in [-0.25, -0.2) is 0 Å². The molecule has 0 saturated heterocycles. The Morgan fingerprint density at radius 3 is 1.34 bits per heavy atom. The zero-order chi connectivity index (χ0) is 19.8. The molecule has 2 rings (SSSR count). The van der Waals surface area contributed by atoms with Gasteiger partial charge in [0.1, 0.15) is 9.98 Å². The summed E-state index contributed by atoms with van der Waals surface area (Å²) in [6.45, 7) is 0. The van der Waals surface area contributed by atoms with Crippen LogP contribution in [0, 0.1) is 11.8 Å². The quantitative estimate of drug-likeness (QED) is 0.135. The third-order valence-corrected chi connectivity index (χ3v) is 6.57. The molecule has 2 saturated carbocycles. The van der Waals surface area contributed by atoms with Crippen LogP contribution in [0.25, 0.3) is 0 Å². The van der Waals surface area contributed by atoms with Gasteiger partial charge in [-0.2, -0.15) is 10.2 Å². The van der Waals surface area contributed by atoms with E-state index in [1.54, 1.807) is 14.1 Å². The van der Waals surface area contributed by atoms with E-state index in [2.05, 4.69) is 10.2 Å². The second-order valence-corrected chi connectivity index (χ2v) is 8.39. The van der Waals surface area contributed by atoms with Crippen molar-refractivity contribution in [3.05, 3.63) is 0 Å². The van der Waals surface area contributed by atoms with E-state index < -0.39 is 11.8 Å². The summed E-state index contributed by atoms with van der Waals surface area (Å²) in [7, 11) is 3.36. The van der Waals surface area contributed by atoms with Crippen LogP contribution in [0.3, 0.4) is 0 Å². The monoisotopic (exact) mass is 456 g/mol. The number of thiocarbonyl (C=S) groups is 2. The minimum absolute atomic E-state index is 0. The molecule has 0 spiro atoms. The van der Waals surface area contributed by atoms with Crippen molar-refractivity contribution >= 4 is 46.2 Å². The molecule has 0 bridgehead atoms. The molecule has 2 fully saturated rings. The molecule has 152 valence electrons. The van der Waals surface area contributed by atoms with E-state index in [4.69, 9.17) is 24.4 Å². The maximum atomic E-state index is 12.1. The third kappa shape index (κ3) is 10.3. The average Bonchev–Trinajstić information content (AvgIpc) is 2.67. The van der Waals surface area contributed by atoms with Crippen molar-refractivity contribution in [1.82, 2.24) is 10.0 Å². The Balaban J connectivity index is 0.00000392. The predicted molar refractivity (Wildman–Crippen MR) is 113 cm³/mol. The van der Waals surface area contributed by atoms with Crippen LogP contribution in [-0.2, 0) is 0 Å². The van der Waals surface area contributed by atoms with E-state index >= 15 is 0 Å². The minimum atomic E-state index is -0.526. The molecule has 0 aliphatic heterocycles. The van der Waals surface area contributed by atoms with Crippen molar-refractivity contribution in [2.24, 2.45) is 22.0 Å². The van der Waals surface area contributed by atoms with Gasteiger partial charge in [0.2, 0.25) is 0 Å². The van der Waals surface area contributed by atoms with Gasteiger partial charge in [0.25, 0.3) is 0 Å². The van der Waals surface area contributed by atoms with Crippen LogP contribution in [0.1, 0.15) is 70.6 Å². The second kappa shape index (κ2) is 15.5. The summed E-state index contributed by atoms with van der Waals surface area (Å²) < 4.78 is 0. The molecule has 0 aromatic rings. The van der Waals surface area contributed by atoms with Gasteiger partial charge in [-0.05, 0) is 37.5 Å². The SMILES string of the molecule is CN(/N=C(\[O-])C/C([O-])=N/N(C)C(=S)C1CCCCC1)C(=S)C1CCCCC1.[Na+].[Na+]. The Kier molecular flexibility index (Phi) is 15.9. The topological polar surface area (TPSA) is 77.3 Å². The average molecular weight is 457 g/mol. The van der Waals surface area contributed by atoms with Crippen LogP contribution >= 0.6 is 24.4 Å². The van der Waals surface area contributed by atoms with Crippen molar-refractivity contribution in [2.75, 3.05) is 14.1 Å². The number of nitrogens with zero attached hydrogens (tertiary/aromatic N) is 4. The molecule has 6 nitrogen and oxygen atoms in total. The molecule has 0 aromatic heterocycles. The number of rotatable bonds is 6. The molecule has 29 heavy (non-hydrogen) atoms. The molecular formula is C19H30N4Na2O2S2. The van der Waals surface area contributed by atoms with Crippen molar-refractivity contribution in [2.45, 2.75) is 70.6 Å². The molecule has 0 aromatic carbocycles. The normalized spacial score (nSPS) is 19.0. The molecule has 0 radical (unpaired) electrons. The summed E-state index contributed by atoms with van der Waals surface area (Å²) in [5, 5.41) is 35.0. The fraction of sp³-hybridized carbons (Fsp3) is 0.789. The summed E-state index contributed by atoms with van der Waals surface area (Å²) in [4.78, 5) is 1.37. The Labute approximate surface area is 230 Å². The van der Waals surface area contributed by atoms with Gasteiger partial charge >= 0.3 is 59.1 Å². The van der Waals surface area contributed by atoms with Crippen LogP contribution in [0.15, 0.2) is 10.2 Å². The molecular weight excluding hydrogens is 426 g/mol. The summed E-state index contributed by atoms with van der Waals surface area (Å²) in [6, 6.07) is 0. The van der Waals surface area contributed by atoms with Gasteiger partial charge in [-0.15, -0.1) is 0 Å². The summed E-state index contributed by atoms with van der Waals surface area (Å²) >= 11 is 10.9. The molecule has 0 N–H and O–H groups in total. The zero-order valence-electron chi connectivity index (χ0n) is 18.4. The van der Waals surface area contributed by atoms with E-state index in [1.165, 1.54) is 22.9 Å². The van der Waals surface area contributed by atoms with Gasteiger partial charge in [-0.1, -0.05) is 63.0 Å². The summed E-state index contributed by atoms with van der Waals surface area (Å²) in [5.41, 5.74) is 0. The van der Waals surface area contributed by atoms with Crippen molar-refractivity contribution in [3.8, 4) is 0 Å². The van der Waals surface area contributed by atoms with Crippen LogP contribution < -0.4 is 69.3 Å². The minimum Gasteiger partial charge on any atom is -0.860 e. The van der Waals surface area contributed by atoms with Crippen LogP contribution in [-0.4, -0.2) is 45.9 Å². The first-order valence-corrected chi connectivity index (χ1v) is 10.7. The fourth-order valence-electron chi connectivity index (χ4n) is 3.86. The van der Waals surface area contributed by atoms with Gasteiger partial charge in [0, 0.05) is 32.4 Å². The van der Waals surface area contributed by atoms with E-state index in [9.17, 15) is 10.2 Å². The Morgan fingerprint density at radius 2 is 1.03 bits per heavy atom. The number of hydrogen-bond donors (Lipinski definition) is 0. The molecule has 0 amide bonds. The molecule has 0 atom stereocenters. The molecule has 2 aliphatic rings. The number of hydrogen-bond acceptors (Lipinski definition) is 6. The first-order valence-electron chi connectivity index (χ1n) is 9.92. The third-order valence-electron chi connectivity index (χ3n) is 5.37. The predicted octanol–water partition coefficient (Wildman–Crippen LogP) is -3.59. The van der Waals surface area contributed by atoms with Gasteiger partial charge < -0.3 is 10.2 Å². The fourth-order valence-corrected chi connectivity index (χ4v) is 4.41. The smallest absolute Gasteiger partial charge is 0.860 e. The molecule has 0 heterocycles. The second-order valence-electron chi connectivity index (χ2n) is 7.56. The Bertz CT molecular complexity index is 543. The first kappa shape index (κ1) is 29.7. The standard InChI is InChI=1S/C19H32N4O2S2.2Na/c1-22(18(26)14-9-5-3-6-10-14)20-16(24)13-17(25)21-23(2)19(27)15-11-7-4-8-12-15;;/h14-15H,3-13H2,1-2H3,(H,20,24)(H,21,25);;/q;2*+1/p-2. The van der Waals surface area contributed by atoms with Crippen molar-refractivity contribution < 1.29 is 69.3 Å². The molecule has 2 aliphatic carbocycles. The van der Waals surface area contributed by atoms with Gasteiger partial charge in [-0.3, -0.25) is 10.0 Å². The van der Waals surface area contributed by atoms with Crippen molar-refractivity contribution in [1.29, 1.82) is 0 Å². The summed E-state index contributed by atoms with van der Waals surface area (Å²) in [6.07, 6.45) is 11.0. The van der Waals surface area contributed by atoms with E-state index in [-0.39, 0.29) is 65.5 Å². The largest absolute Gasteiger partial charge is 1.00 e. The van der Waals surface area contributed by atoms with Crippen LogP contribution in [0.2, 0.25) is 0 Å². The number of hydrazone groups is 2. The Morgan fingerprint density at radius 1 is 0.724 bits per heavy atom. The van der Waals surface area contributed by atoms with Gasteiger partial charge in [0.05, 0.1) is 0 Å². The Hall–Kier alpha value is 0.720. The first-order chi connectivity index (χ1) is 12.9. The zero-order valence-corrected chi connectivity index (χ0v) is 24.0.